The van der Waals surface area contributed by atoms with Gasteiger partial charge in [0.2, 0.25) is 11.9 Å². The van der Waals surface area contributed by atoms with Gasteiger partial charge in [0.05, 0.1) is 5.69 Å². The van der Waals surface area contributed by atoms with Crippen LogP contribution in [-0.4, -0.2) is 26.1 Å². The molecule has 0 atom stereocenters. The van der Waals surface area contributed by atoms with Crippen molar-refractivity contribution in [2.75, 3.05) is 11.1 Å². The molecule has 3 aromatic rings. The molecule has 9 nitrogen and oxygen atoms in total. The van der Waals surface area contributed by atoms with Gasteiger partial charge in [0, 0.05) is 11.6 Å². The van der Waals surface area contributed by atoms with Crippen molar-refractivity contribution in [2.24, 2.45) is 0 Å². The van der Waals surface area contributed by atoms with Crippen LogP contribution in [0.25, 0.3) is 0 Å². The van der Waals surface area contributed by atoms with Crippen molar-refractivity contribution in [3.63, 3.8) is 0 Å². The van der Waals surface area contributed by atoms with E-state index in [1.54, 1.807) is 6.92 Å². The summed E-state index contributed by atoms with van der Waals surface area (Å²) in [5.74, 6) is 0.502. The molecule has 0 aliphatic carbocycles. The van der Waals surface area contributed by atoms with Gasteiger partial charge in [-0.2, -0.15) is 15.0 Å². The number of nitrogens with two attached hydrogens (primary N) is 1. The van der Waals surface area contributed by atoms with Gasteiger partial charge in [-0.05, 0) is 25.0 Å². The standard InChI is InChI=1S/C20H24N6O3/c1-5-13-8-6-7-9-14(13)22-20-24-15(23-19(21)25-20)10-28-18(27)16-12(4)26-29-17(16)11(2)3/h6-9,11H,5,10H2,1-4H3,(H3,21,22,23,24,25). The molecule has 0 amide bonds. The number of benzene rings is 1. The molecule has 0 unspecified atom stereocenters. The molecule has 3 rings (SSSR count). The molecule has 0 saturated carbocycles. The number of esters is 1. The number of carbonyl (C=O) groups is 1. The number of hydrogen-bond donors (Lipinski definition) is 2. The van der Waals surface area contributed by atoms with Crippen LogP contribution in [0.15, 0.2) is 28.8 Å². The van der Waals surface area contributed by atoms with Crippen LogP contribution in [0.2, 0.25) is 0 Å². The van der Waals surface area contributed by atoms with E-state index in [0.29, 0.717) is 17.0 Å². The van der Waals surface area contributed by atoms with Crippen molar-refractivity contribution in [3.05, 3.63) is 52.7 Å². The van der Waals surface area contributed by atoms with Crippen molar-refractivity contribution < 1.29 is 14.1 Å². The molecule has 1 aromatic carbocycles. The minimum Gasteiger partial charge on any atom is -0.454 e. The Hall–Kier alpha value is -3.49. The van der Waals surface area contributed by atoms with Crippen molar-refractivity contribution in [1.29, 1.82) is 0 Å². The summed E-state index contributed by atoms with van der Waals surface area (Å²) in [5.41, 5.74) is 8.61. The Labute approximate surface area is 168 Å². The zero-order valence-corrected chi connectivity index (χ0v) is 16.9. The van der Waals surface area contributed by atoms with Gasteiger partial charge in [-0.3, -0.25) is 0 Å². The first-order valence-electron chi connectivity index (χ1n) is 9.37. The fraction of sp³-hybridized carbons (Fsp3) is 0.350. The van der Waals surface area contributed by atoms with Gasteiger partial charge in [0.15, 0.2) is 18.2 Å². The summed E-state index contributed by atoms with van der Waals surface area (Å²) in [5, 5.41) is 7.00. The Bertz CT molecular complexity index is 1020. The predicted molar refractivity (Wildman–Crippen MR) is 108 cm³/mol. The number of ether oxygens (including phenoxy) is 1. The molecule has 0 saturated heterocycles. The lowest BCUT2D eigenvalue weighted by molar-refractivity contribution is 0.0458. The van der Waals surface area contributed by atoms with Crippen molar-refractivity contribution in [3.8, 4) is 0 Å². The molecule has 2 heterocycles. The van der Waals surface area contributed by atoms with Gasteiger partial charge in [-0.25, -0.2) is 4.79 Å². The number of hydrogen-bond acceptors (Lipinski definition) is 9. The van der Waals surface area contributed by atoms with Gasteiger partial charge in [0.1, 0.15) is 5.56 Å². The van der Waals surface area contributed by atoms with E-state index in [9.17, 15) is 4.79 Å². The van der Waals surface area contributed by atoms with Gasteiger partial charge in [-0.15, -0.1) is 0 Å². The molecule has 2 aromatic heterocycles. The molecule has 0 bridgehead atoms. The Morgan fingerprint density at radius 2 is 2.00 bits per heavy atom. The fourth-order valence-electron chi connectivity index (χ4n) is 2.86. The first-order chi connectivity index (χ1) is 13.9. The molecular weight excluding hydrogens is 372 g/mol. The van der Waals surface area contributed by atoms with Gasteiger partial charge < -0.3 is 20.3 Å². The number of para-hydroxylation sites is 1. The summed E-state index contributed by atoms with van der Waals surface area (Å²) in [4.78, 5) is 25.0. The Morgan fingerprint density at radius 3 is 2.72 bits per heavy atom. The Kier molecular flexibility index (Phi) is 6.06. The Morgan fingerprint density at radius 1 is 1.24 bits per heavy atom. The zero-order chi connectivity index (χ0) is 21.0. The van der Waals surface area contributed by atoms with Crippen LogP contribution in [0.5, 0.6) is 0 Å². The van der Waals surface area contributed by atoms with Crippen molar-refractivity contribution in [2.45, 2.75) is 46.6 Å². The summed E-state index contributed by atoms with van der Waals surface area (Å²) < 4.78 is 10.6. The highest BCUT2D eigenvalue weighted by Crippen LogP contribution is 2.23. The number of nitrogens with zero attached hydrogens (tertiary/aromatic N) is 4. The average molecular weight is 396 g/mol. The Balaban J connectivity index is 1.75. The van der Waals surface area contributed by atoms with Crippen LogP contribution in [0, 0.1) is 6.92 Å². The van der Waals surface area contributed by atoms with Crippen LogP contribution in [0.4, 0.5) is 17.6 Å². The fourth-order valence-corrected chi connectivity index (χ4v) is 2.86. The second kappa shape index (κ2) is 8.68. The number of nitrogen functional groups attached to an aromatic ring is 1. The second-order valence-electron chi connectivity index (χ2n) is 6.81. The highest BCUT2D eigenvalue weighted by Gasteiger charge is 2.24. The maximum Gasteiger partial charge on any atom is 0.344 e. The largest absolute Gasteiger partial charge is 0.454 e. The highest BCUT2D eigenvalue weighted by atomic mass is 16.5. The van der Waals surface area contributed by atoms with Crippen molar-refractivity contribution in [1.82, 2.24) is 20.1 Å². The van der Waals surface area contributed by atoms with Crippen LogP contribution < -0.4 is 11.1 Å². The van der Waals surface area contributed by atoms with E-state index in [0.717, 1.165) is 17.7 Å². The molecular formula is C20H24N6O3. The first-order valence-corrected chi connectivity index (χ1v) is 9.37. The van der Waals surface area contributed by atoms with E-state index in [2.05, 4.69) is 32.3 Å². The summed E-state index contributed by atoms with van der Waals surface area (Å²) in [6.45, 7) is 7.42. The lowest BCUT2D eigenvalue weighted by Gasteiger charge is -2.11. The molecule has 0 aliphatic rings. The van der Waals surface area contributed by atoms with E-state index in [1.165, 1.54) is 0 Å². The molecule has 3 N–H and O–H groups in total. The number of aryl methyl sites for hydroxylation is 2. The summed E-state index contributed by atoms with van der Waals surface area (Å²) >= 11 is 0. The van der Waals surface area contributed by atoms with Crippen LogP contribution >= 0.6 is 0 Å². The van der Waals surface area contributed by atoms with Crippen LogP contribution in [0.1, 0.15) is 59.9 Å². The SMILES string of the molecule is CCc1ccccc1Nc1nc(N)nc(COC(=O)c2c(C)noc2C(C)C)n1. The van der Waals surface area contributed by atoms with Gasteiger partial charge in [-0.1, -0.05) is 44.1 Å². The number of rotatable bonds is 7. The van der Waals surface area contributed by atoms with E-state index < -0.39 is 5.97 Å². The third-order valence-electron chi connectivity index (χ3n) is 4.29. The molecule has 29 heavy (non-hydrogen) atoms. The quantitative estimate of drug-likeness (QED) is 0.576. The molecule has 9 heteroatoms. The maximum atomic E-state index is 12.5. The topological polar surface area (TPSA) is 129 Å². The summed E-state index contributed by atoms with van der Waals surface area (Å²) in [7, 11) is 0. The van der Waals surface area contributed by atoms with E-state index in [4.69, 9.17) is 15.0 Å². The highest BCUT2D eigenvalue weighted by molar-refractivity contribution is 5.91. The molecule has 0 spiro atoms. The van der Waals surface area contributed by atoms with E-state index in [-0.39, 0.29) is 30.2 Å². The van der Waals surface area contributed by atoms with E-state index in [1.807, 2.05) is 38.1 Å². The van der Waals surface area contributed by atoms with Gasteiger partial charge >= 0.3 is 5.97 Å². The predicted octanol–water partition coefficient (Wildman–Crippen LogP) is 3.54. The lowest BCUT2D eigenvalue weighted by Crippen LogP contribution is -2.13. The number of nitrogens with one attached hydrogen (secondary N) is 1. The number of aromatic nitrogens is 4. The van der Waals surface area contributed by atoms with Crippen molar-refractivity contribution >= 4 is 23.6 Å². The molecule has 0 aliphatic heterocycles. The first kappa shape index (κ1) is 20.2. The third-order valence-corrected chi connectivity index (χ3v) is 4.29. The second-order valence-corrected chi connectivity index (χ2v) is 6.81. The van der Waals surface area contributed by atoms with Crippen LogP contribution in [-0.2, 0) is 17.8 Å². The zero-order valence-electron chi connectivity index (χ0n) is 16.9. The molecule has 0 fully saturated rings. The monoisotopic (exact) mass is 396 g/mol. The number of anilines is 3. The molecule has 152 valence electrons. The number of carbonyl (C=O) groups excluding carboxylic acids is 1. The minimum absolute atomic E-state index is 0.000932. The average Bonchev–Trinajstić information content (AvgIpc) is 3.08. The summed E-state index contributed by atoms with van der Waals surface area (Å²) in [6, 6.07) is 7.83. The van der Waals surface area contributed by atoms with Gasteiger partial charge in [0.25, 0.3) is 0 Å². The van der Waals surface area contributed by atoms with Crippen LogP contribution in [0.3, 0.4) is 0 Å². The third kappa shape index (κ3) is 4.68. The summed E-state index contributed by atoms with van der Waals surface area (Å²) in [6.07, 6.45) is 0.852. The lowest BCUT2D eigenvalue weighted by atomic mass is 10.1. The minimum atomic E-state index is -0.544. The molecule has 0 radical (unpaired) electrons. The normalized spacial score (nSPS) is 10.9. The smallest absolute Gasteiger partial charge is 0.344 e. The van der Waals surface area contributed by atoms with E-state index >= 15 is 0 Å². The maximum absolute atomic E-state index is 12.5.